The Bertz CT molecular complexity index is 346. The number of nitrogens with one attached hydrogen (secondary N) is 1. The fourth-order valence-electron chi connectivity index (χ4n) is 2.80. The summed E-state index contributed by atoms with van der Waals surface area (Å²) in [5, 5.41) is 12.8. The van der Waals surface area contributed by atoms with Gasteiger partial charge in [-0.05, 0) is 53.0 Å². The fraction of sp³-hybridized carbons (Fsp3) is 0.933. The average molecular weight is 265 g/mol. The minimum Gasteiger partial charge on any atom is -0.373 e. The van der Waals surface area contributed by atoms with Crippen LogP contribution in [-0.2, 0) is 4.74 Å². The van der Waals surface area contributed by atoms with E-state index in [0.717, 1.165) is 39.1 Å². The van der Waals surface area contributed by atoms with E-state index in [-0.39, 0.29) is 11.1 Å². The molecule has 2 fully saturated rings. The fourth-order valence-corrected chi connectivity index (χ4v) is 2.80. The summed E-state index contributed by atoms with van der Waals surface area (Å²) in [6, 6.07) is 3.04. The van der Waals surface area contributed by atoms with Gasteiger partial charge in [0.15, 0.2) is 0 Å². The number of ether oxygens (including phenoxy) is 1. The van der Waals surface area contributed by atoms with Gasteiger partial charge in [-0.1, -0.05) is 0 Å². The minimum absolute atomic E-state index is 0.0248. The normalized spacial score (nSPS) is 26.6. The van der Waals surface area contributed by atoms with Gasteiger partial charge in [0.25, 0.3) is 0 Å². The molecule has 1 saturated carbocycles. The van der Waals surface area contributed by atoms with Crippen LogP contribution in [0.5, 0.6) is 0 Å². The Morgan fingerprint density at radius 3 is 2.79 bits per heavy atom. The third-order valence-electron chi connectivity index (χ3n) is 4.00. The van der Waals surface area contributed by atoms with Crippen molar-refractivity contribution in [3.8, 4) is 6.07 Å². The molecule has 1 N–H and O–H groups in total. The van der Waals surface area contributed by atoms with Gasteiger partial charge in [-0.3, -0.25) is 10.2 Å². The van der Waals surface area contributed by atoms with E-state index < -0.39 is 0 Å². The highest BCUT2D eigenvalue weighted by Crippen LogP contribution is 2.25. The first-order valence-electron chi connectivity index (χ1n) is 7.48. The third-order valence-corrected chi connectivity index (χ3v) is 4.00. The first kappa shape index (κ1) is 14.8. The third kappa shape index (κ3) is 4.76. The molecule has 1 saturated heterocycles. The average Bonchev–Trinajstić information content (AvgIpc) is 3.11. The van der Waals surface area contributed by atoms with Crippen LogP contribution in [0.15, 0.2) is 0 Å². The van der Waals surface area contributed by atoms with Crippen LogP contribution in [0.1, 0.15) is 46.5 Å². The molecule has 0 radical (unpaired) electrons. The zero-order valence-corrected chi connectivity index (χ0v) is 12.5. The summed E-state index contributed by atoms with van der Waals surface area (Å²) in [7, 11) is 0. The van der Waals surface area contributed by atoms with Gasteiger partial charge in [0.05, 0.1) is 18.3 Å². The zero-order valence-electron chi connectivity index (χ0n) is 12.5. The van der Waals surface area contributed by atoms with Crippen LogP contribution >= 0.6 is 0 Å². The highest BCUT2D eigenvalue weighted by atomic mass is 16.5. The van der Waals surface area contributed by atoms with Crippen molar-refractivity contribution in [3.63, 3.8) is 0 Å². The van der Waals surface area contributed by atoms with Crippen molar-refractivity contribution in [1.29, 1.82) is 5.26 Å². The second kappa shape index (κ2) is 5.78. The van der Waals surface area contributed by atoms with Crippen molar-refractivity contribution < 1.29 is 4.74 Å². The number of hydrogen-bond acceptors (Lipinski definition) is 4. The molecular weight excluding hydrogens is 238 g/mol. The molecule has 1 atom stereocenters. The summed E-state index contributed by atoms with van der Waals surface area (Å²) in [5.41, 5.74) is -0.369. The standard InChI is InChI=1S/C15H27N3O/c1-14(2)12-18(9-10-19-14)8-4-7-15(3,11-16)17-13-5-6-13/h13,17H,4-10,12H2,1-3H3. The van der Waals surface area contributed by atoms with Gasteiger partial charge in [0.2, 0.25) is 0 Å². The minimum atomic E-state index is -0.344. The van der Waals surface area contributed by atoms with Crippen LogP contribution in [0.3, 0.4) is 0 Å². The summed E-state index contributed by atoms with van der Waals surface area (Å²) in [5.74, 6) is 0. The molecule has 4 heteroatoms. The van der Waals surface area contributed by atoms with Crippen molar-refractivity contribution in [3.05, 3.63) is 0 Å². The van der Waals surface area contributed by atoms with E-state index in [2.05, 4.69) is 30.1 Å². The number of morpholine rings is 1. The summed E-state index contributed by atoms with van der Waals surface area (Å²) in [4.78, 5) is 2.46. The molecule has 1 aliphatic carbocycles. The number of hydrogen-bond donors (Lipinski definition) is 1. The van der Waals surface area contributed by atoms with E-state index in [9.17, 15) is 5.26 Å². The van der Waals surface area contributed by atoms with Crippen LogP contribution in [0.25, 0.3) is 0 Å². The summed E-state index contributed by atoms with van der Waals surface area (Å²) < 4.78 is 5.72. The van der Waals surface area contributed by atoms with Crippen molar-refractivity contribution in [2.45, 2.75) is 63.6 Å². The zero-order chi connectivity index (χ0) is 13.9. The molecule has 0 aromatic heterocycles. The second-order valence-corrected chi connectivity index (χ2v) is 6.85. The smallest absolute Gasteiger partial charge is 0.104 e. The van der Waals surface area contributed by atoms with Crippen LogP contribution in [0, 0.1) is 11.3 Å². The number of rotatable bonds is 6. The highest BCUT2D eigenvalue weighted by molar-refractivity contribution is 5.07. The molecule has 0 aromatic carbocycles. The molecule has 2 aliphatic rings. The van der Waals surface area contributed by atoms with Crippen LogP contribution < -0.4 is 5.32 Å². The molecule has 0 aromatic rings. The molecular formula is C15H27N3O. The Kier molecular flexibility index (Phi) is 4.50. The van der Waals surface area contributed by atoms with Gasteiger partial charge in [0.1, 0.15) is 5.54 Å². The summed E-state index contributed by atoms with van der Waals surface area (Å²) >= 11 is 0. The molecule has 108 valence electrons. The Balaban J connectivity index is 1.71. The SMILES string of the molecule is CC(C#N)(CCCN1CCOC(C)(C)C1)NC1CC1. The Hall–Kier alpha value is -0.630. The first-order chi connectivity index (χ1) is 8.92. The van der Waals surface area contributed by atoms with Crippen LogP contribution in [-0.4, -0.2) is 48.3 Å². The van der Waals surface area contributed by atoms with Crippen molar-refractivity contribution in [2.24, 2.45) is 0 Å². The lowest BCUT2D eigenvalue weighted by Gasteiger charge is -2.38. The monoisotopic (exact) mass is 265 g/mol. The second-order valence-electron chi connectivity index (χ2n) is 6.85. The maximum atomic E-state index is 9.34. The number of nitrogens with zero attached hydrogens (tertiary/aromatic N) is 2. The van der Waals surface area contributed by atoms with Crippen LogP contribution in [0.4, 0.5) is 0 Å². The van der Waals surface area contributed by atoms with Crippen LogP contribution in [0.2, 0.25) is 0 Å². The quantitative estimate of drug-likeness (QED) is 0.797. The van der Waals surface area contributed by atoms with E-state index in [0.29, 0.717) is 6.04 Å². The Labute approximate surface area is 117 Å². The molecule has 0 bridgehead atoms. The Morgan fingerprint density at radius 2 is 2.21 bits per heavy atom. The van der Waals surface area contributed by atoms with Gasteiger partial charge in [0, 0.05) is 19.1 Å². The maximum absolute atomic E-state index is 9.34. The number of nitriles is 1. The van der Waals surface area contributed by atoms with E-state index in [4.69, 9.17) is 4.74 Å². The van der Waals surface area contributed by atoms with E-state index in [1.807, 2.05) is 6.92 Å². The lowest BCUT2D eigenvalue weighted by Crippen LogP contribution is -2.49. The molecule has 0 spiro atoms. The summed E-state index contributed by atoms with van der Waals surface area (Å²) in [6.45, 7) is 10.2. The molecule has 1 heterocycles. The molecule has 4 nitrogen and oxygen atoms in total. The van der Waals surface area contributed by atoms with Crippen molar-refractivity contribution in [2.75, 3.05) is 26.2 Å². The molecule has 2 rings (SSSR count). The summed E-state index contributed by atoms with van der Waals surface area (Å²) in [6.07, 6.45) is 4.46. The maximum Gasteiger partial charge on any atom is 0.104 e. The van der Waals surface area contributed by atoms with E-state index in [1.54, 1.807) is 0 Å². The van der Waals surface area contributed by atoms with Gasteiger partial charge in [-0.2, -0.15) is 5.26 Å². The molecule has 19 heavy (non-hydrogen) atoms. The van der Waals surface area contributed by atoms with E-state index >= 15 is 0 Å². The lowest BCUT2D eigenvalue weighted by molar-refractivity contribution is -0.0862. The molecule has 0 amide bonds. The topological polar surface area (TPSA) is 48.3 Å². The first-order valence-corrected chi connectivity index (χ1v) is 7.48. The lowest BCUT2D eigenvalue weighted by atomic mass is 9.97. The Morgan fingerprint density at radius 1 is 1.47 bits per heavy atom. The van der Waals surface area contributed by atoms with Gasteiger partial charge in [-0.15, -0.1) is 0 Å². The predicted molar refractivity (Wildman–Crippen MR) is 75.9 cm³/mol. The van der Waals surface area contributed by atoms with Gasteiger partial charge in [-0.25, -0.2) is 0 Å². The molecule has 1 unspecified atom stereocenters. The van der Waals surface area contributed by atoms with Crippen molar-refractivity contribution >= 4 is 0 Å². The largest absolute Gasteiger partial charge is 0.373 e. The van der Waals surface area contributed by atoms with E-state index in [1.165, 1.54) is 12.8 Å². The molecule has 1 aliphatic heterocycles. The predicted octanol–water partition coefficient (Wildman–Crippen LogP) is 1.91. The van der Waals surface area contributed by atoms with Gasteiger partial charge >= 0.3 is 0 Å². The highest BCUT2D eigenvalue weighted by Gasteiger charge is 2.32. The van der Waals surface area contributed by atoms with Gasteiger partial charge < -0.3 is 4.74 Å². The van der Waals surface area contributed by atoms with Crippen molar-refractivity contribution in [1.82, 2.24) is 10.2 Å².